The smallest absolute Gasteiger partial charge is 0.373 e. The average Bonchev–Trinajstić information content (AvgIpc) is 2.71. The molecule has 102 valence electrons. The second-order valence-electron chi connectivity index (χ2n) is 4.00. The molecule has 0 unspecified atom stereocenters. The fourth-order valence-electron chi connectivity index (χ4n) is 1.43. The van der Waals surface area contributed by atoms with E-state index in [2.05, 4.69) is 5.10 Å². The highest BCUT2D eigenvalue weighted by atomic mass is 19.4. The van der Waals surface area contributed by atoms with Gasteiger partial charge in [-0.2, -0.15) is 17.9 Å². The Kier molecular flexibility index (Phi) is 3.09. The van der Waals surface area contributed by atoms with E-state index in [0.29, 0.717) is 0 Å². The van der Waals surface area contributed by atoms with Gasteiger partial charge in [0.15, 0.2) is 0 Å². The number of hydrogen-bond donors (Lipinski definition) is 0. The van der Waals surface area contributed by atoms with E-state index >= 15 is 0 Å². The summed E-state index contributed by atoms with van der Waals surface area (Å²) in [4.78, 5) is 13.0. The van der Waals surface area contributed by atoms with E-state index in [1.165, 1.54) is 17.0 Å². The van der Waals surface area contributed by atoms with Gasteiger partial charge in [-0.25, -0.2) is 4.79 Å². The topological polar surface area (TPSA) is 51.3 Å². The third-order valence-corrected chi connectivity index (χ3v) is 2.34. The molecule has 1 aromatic carbocycles. The van der Waals surface area contributed by atoms with Crippen LogP contribution in [0.1, 0.15) is 5.56 Å². The van der Waals surface area contributed by atoms with Gasteiger partial charge in [-0.1, -0.05) is 6.07 Å². The number of hydrogen-bond acceptors (Lipinski definition) is 4. The zero-order valence-corrected chi connectivity index (χ0v) is 10.1. The van der Waals surface area contributed by atoms with Crippen LogP contribution in [0.5, 0.6) is 0 Å². The lowest BCUT2D eigenvalue weighted by Crippen LogP contribution is -2.15. The minimum atomic E-state index is -4.48. The van der Waals surface area contributed by atoms with Gasteiger partial charge in [0.1, 0.15) is 0 Å². The number of aromatic nitrogens is 2. The first-order valence-corrected chi connectivity index (χ1v) is 5.24. The van der Waals surface area contributed by atoms with E-state index in [1.54, 1.807) is 14.1 Å². The summed E-state index contributed by atoms with van der Waals surface area (Å²) < 4.78 is 43.3. The number of nitrogens with zero attached hydrogens (tertiary/aromatic N) is 3. The third-order valence-electron chi connectivity index (χ3n) is 2.34. The maximum atomic E-state index is 12.6. The number of anilines is 1. The molecular weight excluding hydrogens is 263 g/mol. The van der Waals surface area contributed by atoms with E-state index < -0.39 is 17.5 Å². The summed E-state index contributed by atoms with van der Waals surface area (Å²) in [6.07, 6.45) is -4.48. The number of rotatable bonds is 2. The van der Waals surface area contributed by atoms with Crippen molar-refractivity contribution in [2.75, 3.05) is 19.0 Å². The summed E-state index contributed by atoms with van der Waals surface area (Å²) >= 11 is 0. The van der Waals surface area contributed by atoms with Gasteiger partial charge >= 0.3 is 17.9 Å². The highest BCUT2D eigenvalue weighted by Gasteiger charge is 2.30. The maximum absolute atomic E-state index is 12.6. The second kappa shape index (κ2) is 4.45. The Labute approximate surface area is 105 Å². The standard InChI is InChI=1S/C11H10F3N3O2/c1-16(2)9-15-17(10(18)19-9)8-5-3-4-7(6-8)11(12,13)14/h3-6H,1-2H3. The van der Waals surface area contributed by atoms with Gasteiger partial charge < -0.3 is 9.32 Å². The fourth-order valence-corrected chi connectivity index (χ4v) is 1.43. The number of benzene rings is 1. The summed E-state index contributed by atoms with van der Waals surface area (Å²) in [5.41, 5.74) is -0.858. The molecule has 0 saturated carbocycles. The van der Waals surface area contributed by atoms with Crippen molar-refractivity contribution in [1.82, 2.24) is 9.78 Å². The van der Waals surface area contributed by atoms with Crippen LogP contribution in [0.4, 0.5) is 19.2 Å². The van der Waals surface area contributed by atoms with E-state index in [4.69, 9.17) is 4.42 Å². The molecule has 8 heteroatoms. The molecule has 0 atom stereocenters. The van der Waals surface area contributed by atoms with Crippen molar-refractivity contribution in [3.8, 4) is 5.69 Å². The van der Waals surface area contributed by atoms with Gasteiger partial charge in [-0.3, -0.25) is 0 Å². The Hall–Kier alpha value is -2.25. The highest BCUT2D eigenvalue weighted by molar-refractivity contribution is 5.36. The summed E-state index contributed by atoms with van der Waals surface area (Å²) in [6, 6.07) is 4.32. The molecule has 0 spiro atoms. The van der Waals surface area contributed by atoms with Crippen LogP contribution in [0, 0.1) is 0 Å². The van der Waals surface area contributed by atoms with Crippen molar-refractivity contribution >= 4 is 6.01 Å². The van der Waals surface area contributed by atoms with Crippen LogP contribution in [0.2, 0.25) is 0 Å². The fraction of sp³-hybridized carbons (Fsp3) is 0.273. The van der Waals surface area contributed by atoms with Crippen LogP contribution in [-0.2, 0) is 6.18 Å². The zero-order valence-electron chi connectivity index (χ0n) is 10.1. The van der Waals surface area contributed by atoms with Gasteiger partial charge in [0.05, 0.1) is 11.3 Å². The molecule has 0 radical (unpaired) electrons. The van der Waals surface area contributed by atoms with Crippen molar-refractivity contribution in [1.29, 1.82) is 0 Å². The van der Waals surface area contributed by atoms with E-state index in [1.807, 2.05) is 0 Å². The van der Waals surface area contributed by atoms with Crippen molar-refractivity contribution in [3.05, 3.63) is 40.4 Å². The highest BCUT2D eigenvalue weighted by Crippen LogP contribution is 2.30. The monoisotopic (exact) mass is 273 g/mol. The van der Waals surface area contributed by atoms with Crippen LogP contribution in [0.25, 0.3) is 5.69 Å². The Balaban J connectivity index is 2.51. The lowest BCUT2D eigenvalue weighted by molar-refractivity contribution is -0.137. The summed E-state index contributed by atoms with van der Waals surface area (Å²) in [7, 11) is 3.20. The minimum Gasteiger partial charge on any atom is -0.373 e. The normalized spacial score (nSPS) is 11.6. The quantitative estimate of drug-likeness (QED) is 0.838. The molecule has 0 fully saturated rings. The molecule has 0 saturated heterocycles. The summed E-state index contributed by atoms with van der Waals surface area (Å²) in [5.74, 6) is -0.844. The lowest BCUT2D eigenvalue weighted by Gasteiger charge is -2.07. The zero-order chi connectivity index (χ0) is 14.2. The molecular formula is C11H10F3N3O2. The van der Waals surface area contributed by atoms with Gasteiger partial charge in [0.25, 0.3) is 0 Å². The van der Waals surface area contributed by atoms with Crippen LogP contribution in [0.3, 0.4) is 0 Å². The van der Waals surface area contributed by atoms with Crippen molar-refractivity contribution in [2.24, 2.45) is 0 Å². The Morgan fingerprint density at radius 1 is 1.32 bits per heavy atom. The first-order valence-electron chi connectivity index (χ1n) is 5.24. The molecule has 0 aliphatic heterocycles. The van der Waals surface area contributed by atoms with Crippen LogP contribution < -0.4 is 10.7 Å². The molecule has 0 amide bonds. The second-order valence-corrected chi connectivity index (χ2v) is 4.00. The van der Waals surface area contributed by atoms with E-state index in [0.717, 1.165) is 16.8 Å². The van der Waals surface area contributed by atoms with Crippen molar-refractivity contribution in [2.45, 2.75) is 6.18 Å². The Morgan fingerprint density at radius 3 is 2.53 bits per heavy atom. The first-order chi connectivity index (χ1) is 8.79. The molecule has 0 bridgehead atoms. The third kappa shape index (κ3) is 2.61. The predicted octanol–water partition coefficient (Wildman–Crippen LogP) is 1.91. The number of alkyl halides is 3. The van der Waals surface area contributed by atoms with Crippen LogP contribution in [-0.4, -0.2) is 23.9 Å². The largest absolute Gasteiger partial charge is 0.443 e. The summed E-state index contributed by atoms with van der Waals surface area (Å²) in [5, 5.41) is 3.80. The van der Waals surface area contributed by atoms with Gasteiger partial charge in [-0.15, -0.1) is 5.10 Å². The van der Waals surface area contributed by atoms with E-state index in [9.17, 15) is 18.0 Å². The molecule has 1 aromatic heterocycles. The SMILES string of the molecule is CN(C)c1nn(-c2cccc(C(F)(F)F)c2)c(=O)o1. The molecule has 2 rings (SSSR count). The predicted molar refractivity (Wildman–Crippen MR) is 61.4 cm³/mol. The first kappa shape index (κ1) is 13.2. The average molecular weight is 273 g/mol. The van der Waals surface area contributed by atoms with E-state index in [-0.39, 0.29) is 11.7 Å². The lowest BCUT2D eigenvalue weighted by atomic mass is 10.2. The number of halogens is 3. The van der Waals surface area contributed by atoms with Crippen LogP contribution >= 0.6 is 0 Å². The molecule has 19 heavy (non-hydrogen) atoms. The molecule has 1 heterocycles. The summed E-state index contributed by atoms with van der Waals surface area (Å²) in [6.45, 7) is 0. The van der Waals surface area contributed by atoms with Gasteiger partial charge in [-0.05, 0) is 18.2 Å². The molecule has 2 aromatic rings. The Morgan fingerprint density at radius 2 is 2.00 bits per heavy atom. The Bertz CT molecular complexity index is 643. The van der Waals surface area contributed by atoms with Gasteiger partial charge in [0.2, 0.25) is 0 Å². The van der Waals surface area contributed by atoms with Gasteiger partial charge in [0, 0.05) is 14.1 Å². The molecule has 0 aliphatic carbocycles. The molecule has 0 aliphatic rings. The van der Waals surface area contributed by atoms with Crippen molar-refractivity contribution in [3.63, 3.8) is 0 Å². The molecule has 5 nitrogen and oxygen atoms in total. The maximum Gasteiger partial charge on any atom is 0.443 e. The molecule has 0 N–H and O–H groups in total. The minimum absolute atomic E-state index is 0.00308. The van der Waals surface area contributed by atoms with Crippen molar-refractivity contribution < 1.29 is 17.6 Å². The van der Waals surface area contributed by atoms with Crippen LogP contribution in [0.15, 0.2) is 33.5 Å².